The van der Waals surface area contributed by atoms with Crippen LogP contribution < -0.4 is 10.1 Å². The fourth-order valence-electron chi connectivity index (χ4n) is 2.86. The predicted octanol–water partition coefficient (Wildman–Crippen LogP) is 3.05. The number of hydrogen-bond donors (Lipinski definition) is 1. The summed E-state index contributed by atoms with van der Waals surface area (Å²) in [5, 5.41) is 2.85. The summed E-state index contributed by atoms with van der Waals surface area (Å²) in [5.74, 6) is 1.68. The van der Waals surface area contributed by atoms with Gasteiger partial charge < -0.3 is 10.1 Å². The molecule has 1 aliphatic rings. The number of thioether (sulfide) groups is 1. The van der Waals surface area contributed by atoms with Crippen molar-refractivity contribution in [3.63, 3.8) is 0 Å². The average molecular weight is 352 g/mol. The van der Waals surface area contributed by atoms with Crippen LogP contribution in [0.4, 0.5) is 5.82 Å². The third-order valence-electron chi connectivity index (χ3n) is 4.01. The number of anilines is 1. The number of rotatable bonds is 3. The summed E-state index contributed by atoms with van der Waals surface area (Å²) in [5.41, 5.74) is 2.89. The Morgan fingerprint density at radius 3 is 3.04 bits per heavy atom. The zero-order valence-electron chi connectivity index (χ0n) is 13.5. The molecule has 126 valence electrons. The molecule has 6 nitrogen and oxygen atoms in total. The second-order valence-corrected chi connectivity index (χ2v) is 6.67. The van der Waals surface area contributed by atoms with Crippen LogP contribution in [-0.4, -0.2) is 33.3 Å². The molecule has 0 radical (unpaired) electrons. The van der Waals surface area contributed by atoms with Crippen LogP contribution in [0.3, 0.4) is 0 Å². The number of ether oxygens (including phenoxy) is 1. The summed E-state index contributed by atoms with van der Waals surface area (Å²) in [6.07, 6.45) is 5.31. The summed E-state index contributed by atoms with van der Waals surface area (Å²) in [6.45, 7) is 0. The molecule has 0 saturated carbocycles. The number of aromatic nitrogens is 3. The van der Waals surface area contributed by atoms with Crippen LogP contribution in [0, 0.1) is 0 Å². The maximum Gasteiger partial charge on any atom is 0.235 e. The summed E-state index contributed by atoms with van der Waals surface area (Å²) in [7, 11) is 1.64. The number of imidazole rings is 1. The number of amides is 1. The van der Waals surface area contributed by atoms with Crippen LogP contribution in [0.2, 0.25) is 0 Å². The molecular formula is C18H16N4O2S. The Labute approximate surface area is 149 Å². The minimum Gasteiger partial charge on any atom is -0.497 e. The Balaban J connectivity index is 1.87. The van der Waals surface area contributed by atoms with E-state index in [1.807, 2.05) is 47.2 Å². The zero-order chi connectivity index (χ0) is 17.2. The number of fused-ring (bicyclic) bond motifs is 1. The number of hydrogen-bond acceptors (Lipinski definition) is 5. The van der Waals surface area contributed by atoms with Crippen LogP contribution in [0.15, 0.2) is 55.1 Å². The molecule has 2 aromatic heterocycles. The number of nitrogens with one attached hydrogen (secondary N) is 1. The molecule has 1 aliphatic heterocycles. The number of carbonyl (C=O) groups is 1. The molecule has 0 aliphatic carbocycles. The van der Waals surface area contributed by atoms with Crippen molar-refractivity contribution < 1.29 is 9.53 Å². The third-order valence-corrected chi connectivity index (χ3v) is 5.27. The highest BCUT2D eigenvalue weighted by atomic mass is 32.2. The predicted molar refractivity (Wildman–Crippen MR) is 97.3 cm³/mol. The van der Waals surface area contributed by atoms with Gasteiger partial charge in [-0.25, -0.2) is 4.98 Å². The van der Waals surface area contributed by atoms with Crippen molar-refractivity contribution in [2.75, 3.05) is 18.2 Å². The van der Waals surface area contributed by atoms with Gasteiger partial charge in [0.05, 0.1) is 29.5 Å². The summed E-state index contributed by atoms with van der Waals surface area (Å²) in [4.78, 5) is 20.7. The van der Waals surface area contributed by atoms with Gasteiger partial charge in [-0.3, -0.25) is 14.3 Å². The lowest BCUT2D eigenvalue weighted by Gasteiger charge is -2.18. The van der Waals surface area contributed by atoms with E-state index in [9.17, 15) is 4.79 Å². The number of carbonyl (C=O) groups excluding carboxylic acids is 1. The Kier molecular flexibility index (Phi) is 4.15. The first-order chi connectivity index (χ1) is 12.3. The molecule has 3 aromatic rings. The molecule has 0 bridgehead atoms. The maximum atomic E-state index is 12.1. The minimum absolute atomic E-state index is 0.0450. The highest BCUT2D eigenvalue weighted by Crippen LogP contribution is 2.41. The highest BCUT2D eigenvalue weighted by Gasteiger charge is 2.29. The Morgan fingerprint density at radius 2 is 2.24 bits per heavy atom. The molecule has 3 heterocycles. The lowest BCUT2D eigenvalue weighted by Crippen LogP contribution is -2.12. The first kappa shape index (κ1) is 15.7. The van der Waals surface area contributed by atoms with Crippen molar-refractivity contribution >= 4 is 23.5 Å². The number of benzene rings is 1. The second-order valence-electron chi connectivity index (χ2n) is 5.58. The Morgan fingerprint density at radius 1 is 1.32 bits per heavy atom. The molecule has 7 heteroatoms. The fourth-order valence-corrected chi connectivity index (χ4v) is 3.97. The van der Waals surface area contributed by atoms with Gasteiger partial charge in [0.1, 0.15) is 12.1 Å². The summed E-state index contributed by atoms with van der Waals surface area (Å²) in [6, 6.07) is 11.7. The van der Waals surface area contributed by atoms with E-state index in [1.165, 1.54) is 0 Å². The standard InChI is InChI=1S/C18H16N4O2S/c1-24-14-6-2-5-13(8-14)22-11-20-18-16(22)17(25-10-15(23)21-18)12-4-3-7-19-9-12/h2-9,11,17H,10H2,1H3,(H,21,23)/t17-/m0/s1. The number of pyridine rings is 1. The number of methoxy groups -OCH3 is 1. The van der Waals surface area contributed by atoms with Gasteiger partial charge in [0.2, 0.25) is 5.91 Å². The van der Waals surface area contributed by atoms with Crippen molar-refractivity contribution in [2.45, 2.75) is 5.25 Å². The van der Waals surface area contributed by atoms with Gasteiger partial charge in [0, 0.05) is 18.5 Å². The molecule has 0 saturated heterocycles. The van der Waals surface area contributed by atoms with Crippen LogP contribution in [-0.2, 0) is 4.79 Å². The van der Waals surface area contributed by atoms with Gasteiger partial charge in [-0.1, -0.05) is 12.1 Å². The largest absolute Gasteiger partial charge is 0.497 e. The normalized spacial score (nSPS) is 16.7. The van der Waals surface area contributed by atoms with Crippen LogP contribution in [0.1, 0.15) is 16.5 Å². The molecule has 4 rings (SSSR count). The van der Waals surface area contributed by atoms with Gasteiger partial charge >= 0.3 is 0 Å². The van der Waals surface area contributed by atoms with Gasteiger partial charge in [0.25, 0.3) is 0 Å². The summed E-state index contributed by atoms with van der Waals surface area (Å²) < 4.78 is 7.33. The monoisotopic (exact) mass is 352 g/mol. The van der Waals surface area contributed by atoms with E-state index in [1.54, 1.807) is 31.4 Å². The van der Waals surface area contributed by atoms with Crippen LogP contribution in [0.5, 0.6) is 5.75 Å². The highest BCUT2D eigenvalue weighted by molar-refractivity contribution is 8.00. The van der Waals surface area contributed by atoms with Crippen molar-refractivity contribution in [3.05, 3.63) is 66.4 Å². The molecule has 1 aromatic carbocycles. The van der Waals surface area contributed by atoms with Crippen LogP contribution in [0.25, 0.3) is 5.69 Å². The zero-order valence-corrected chi connectivity index (χ0v) is 14.4. The first-order valence-electron chi connectivity index (χ1n) is 7.79. The van der Waals surface area contributed by atoms with Crippen molar-refractivity contribution in [1.82, 2.24) is 14.5 Å². The molecule has 1 atom stereocenters. The van der Waals surface area contributed by atoms with E-state index in [2.05, 4.69) is 15.3 Å². The molecule has 1 amide bonds. The van der Waals surface area contributed by atoms with E-state index < -0.39 is 0 Å². The Hall–Kier alpha value is -2.80. The SMILES string of the molecule is COc1cccc(-n2cnc3c2[C@H](c2cccnc2)SCC(=O)N3)c1. The van der Waals surface area contributed by atoms with Gasteiger partial charge in [-0.05, 0) is 23.8 Å². The Bertz CT molecular complexity index is 910. The second kappa shape index (κ2) is 6.60. The molecule has 0 spiro atoms. The molecule has 25 heavy (non-hydrogen) atoms. The van der Waals surface area contributed by atoms with E-state index in [0.29, 0.717) is 11.6 Å². The molecule has 1 N–H and O–H groups in total. The van der Waals surface area contributed by atoms with Gasteiger partial charge in [-0.2, -0.15) is 0 Å². The smallest absolute Gasteiger partial charge is 0.235 e. The average Bonchev–Trinajstić information content (AvgIpc) is 2.98. The molecular weight excluding hydrogens is 336 g/mol. The third kappa shape index (κ3) is 2.98. The molecule has 0 unspecified atom stereocenters. The number of nitrogens with zero attached hydrogens (tertiary/aromatic N) is 3. The first-order valence-corrected chi connectivity index (χ1v) is 8.84. The lowest BCUT2D eigenvalue weighted by atomic mass is 10.1. The van der Waals surface area contributed by atoms with E-state index in [4.69, 9.17) is 4.74 Å². The van der Waals surface area contributed by atoms with E-state index in [0.717, 1.165) is 22.7 Å². The van der Waals surface area contributed by atoms with Crippen molar-refractivity contribution in [1.29, 1.82) is 0 Å². The quantitative estimate of drug-likeness (QED) is 0.785. The fraction of sp³-hybridized carbons (Fsp3) is 0.167. The lowest BCUT2D eigenvalue weighted by molar-refractivity contribution is -0.113. The van der Waals surface area contributed by atoms with Crippen molar-refractivity contribution in [3.8, 4) is 11.4 Å². The van der Waals surface area contributed by atoms with E-state index >= 15 is 0 Å². The minimum atomic E-state index is -0.0477. The van der Waals surface area contributed by atoms with Crippen LogP contribution >= 0.6 is 11.8 Å². The van der Waals surface area contributed by atoms with Gasteiger partial charge in [-0.15, -0.1) is 11.8 Å². The van der Waals surface area contributed by atoms with Crippen molar-refractivity contribution in [2.24, 2.45) is 0 Å². The van der Waals surface area contributed by atoms with Gasteiger partial charge in [0.15, 0.2) is 5.82 Å². The topological polar surface area (TPSA) is 69.0 Å². The summed E-state index contributed by atoms with van der Waals surface area (Å²) >= 11 is 1.57. The maximum absolute atomic E-state index is 12.1. The molecule has 0 fully saturated rings. The van der Waals surface area contributed by atoms with E-state index in [-0.39, 0.29) is 11.2 Å².